The highest BCUT2D eigenvalue weighted by atomic mass is 16.1. The number of benzene rings is 3. The number of aryl methyl sites for hydroxylation is 1. The zero-order valence-electron chi connectivity index (χ0n) is 12.8. The van der Waals surface area contributed by atoms with E-state index in [1.165, 1.54) is 0 Å². The summed E-state index contributed by atoms with van der Waals surface area (Å²) in [5, 5.41) is 0. The van der Waals surface area contributed by atoms with Crippen LogP contribution in [0, 0.1) is 6.92 Å². The van der Waals surface area contributed by atoms with Crippen LogP contribution >= 0.6 is 0 Å². The van der Waals surface area contributed by atoms with E-state index >= 15 is 0 Å². The van der Waals surface area contributed by atoms with Crippen molar-refractivity contribution < 1.29 is 9.59 Å². The Morgan fingerprint density at radius 3 is 2.17 bits per heavy atom. The molecule has 0 radical (unpaired) electrons. The summed E-state index contributed by atoms with van der Waals surface area (Å²) < 4.78 is 0. The van der Waals surface area contributed by atoms with Gasteiger partial charge in [0.2, 0.25) is 0 Å². The van der Waals surface area contributed by atoms with Gasteiger partial charge in [-0.25, -0.2) is 0 Å². The molecule has 0 heterocycles. The van der Waals surface area contributed by atoms with Crippen molar-refractivity contribution >= 4 is 12.1 Å². The van der Waals surface area contributed by atoms with Gasteiger partial charge in [-0.1, -0.05) is 78.4 Å². The number of aldehydes is 1. The summed E-state index contributed by atoms with van der Waals surface area (Å²) in [6, 6.07) is 22.3. The van der Waals surface area contributed by atoms with Crippen LogP contribution < -0.4 is 0 Å². The van der Waals surface area contributed by atoms with Crippen LogP contribution in [-0.4, -0.2) is 12.1 Å². The number of hydrogen-bond donors (Lipinski definition) is 0. The standard InChI is InChI=1S/C21H16O2/c1-15-10-12-17(13-11-15)21(23)19-9-5-8-18(14-22)20(19)16-6-3-2-4-7-16/h2-14H,1H3. The van der Waals surface area contributed by atoms with Crippen molar-refractivity contribution in [2.45, 2.75) is 6.92 Å². The highest BCUT2D eigenvalue weighted by Gasteiger charge is 2.17. The minimum atomic E-state index is -0.0763. The third-order valence-corrected chi connectivity index (χ3v) is 3.84. The summed E-state index contributed by atoms with van der Waals surface area (Å²) >= 11 is 0. The van der Waals surface area contributed by atoms with Crippen molar-refractivity contribution in [1.82, 2.24) is 0 Å². The van der Waals surface area contributed by atoms with Gasteiger partial charge in [0.05, 0.1) is 0 Å². The third kappa shape index (κ3) is 2.97. The molecule has 0 bridgehead atoms. The Kier molecular flexibility index (Phi) is 4.15. The van der Waals surface area contributed by atoms with Crippen LogP contribution in [0.3, 0.4) is 0 Å². The summed E-state index contributed by atoms with van der Waals surface area (Å²) in [5.74, 6) is -0.0763. The minimum absolute atomic E-state index is 0.0763. The first kappa shape index (κ1) is 14.9. The van der Waals surface area contributed by atoms with Gasteiger partial charge >= 0.3 is 0 Å². The molecule has 0 amide bonds. The van der Waals surface area contributed by atoms with Gasteiger partial charge in [-0.2, -0.15) is 0 Å². The summed E-state index contributed by atoms with van der Waals surface area (Å²) in [6.45, 7) is 1.98. The summed E-state index contributed by atoms with van der Waals surface area (Å²) in [7, 11) is 0. The first-order valence-corrected chi connectivity index (χ1v) is 7.45. The SMILES string of the molecule is Cc1ccc(C(=O)c2cccc(C=O)c2-c2ccccc2)cc1. The lowest BCUT2D eigenvalue weighted by Gasteiger charge is -2.12. The van der Waals surface area contributed by atoms with Gasteiger partial charge < -0.3 is 0 Å². The van der Waals surface area contributed by atoms with E-state index in [9.17, 15) is 9.59 Å². The molecule has 0 aromatic heterocycles. The maximum atomic E-state index is 12.9. The van der Waals surface area contributed by atoms with Gasteiger partial charge in [-0.3, -0.25) is 9.59 Å². The zero-order chi connectivity index (χ0) is 16.2. The van der Waals surface area contributed by atoms with Crippen molar-refractivity contribution in [2.24, 2.45) is 0 Å². The molecule has 0 unspecified atom stereocenters. The molecule has 2 nitrogen and oxygen atoms in total. The molecule has 2 heteroatoms. The Morgan fingerprint density at radius 2 is 1.52 bits per heavy atom. The van der Waals surface area contributed by atoms with Crippen LogP contribution in [0.1, 0.15) is 31.8 Å². The molecule has 0 spiro atoms. The van der Waals surface area contributed by atoms with Gasteiger partial charge in [-0.15, -0.1) is 0 Å². The van der Waals surface area contributed by atoms with Crippen molar-refractivity contribution in [3.8, 4) is 11.1 Å². The Labute approximate surface area is 135 Å². The molecule has 3 rings (SSSR count). The molecule has 0 atom stereocenters. The first-order valence-electron chi connectivity index (χ1n) is 7.45. The second kappa shape index (κ2) is 6.41. The molecule has 0 fully saturated rings. The average Bonchev–Trinajstić information content (AvgIpc) is 2.61. The van der Waals surface area contributed by atoms with Crippen LogP contribution in [0.2, 0.25) is 0 Å². The molecule has 112 valence electrons. The lowest BCUT2D eigenvalue weighted by molar-refractivity contribution is 0.103. The molecule has 3 aromatic rings. The maximum Gasteiger partial charge on any atom is 0.193 e. The third-order valence-electron chi connectivity index (χ3n) is 3.84. The lowest BCUT2D eigenvalue weighted by atomic mass is 9.90. The Morgan fingerprint density at radius 1 is 0.826 bits per heavy atom. The number of hydrogen-bond acceptors (Lipinski definition) is 2. The molecular weight excluding hydrogens is 284 g/mol. The Balaban J connectivity index is 2.18. The largest absolute Gasteiger partial charge is 0.298 e. The van der Waals surface area contributed by atoms with E-state index < -0.39 is 0 Å². The number of carbonyl (C=O) groups is 2. The van der Waals surface area contributed by atoms with Gasteiger partial charge in [0.15, 0.2) is 12.1 Å². The van der Waals surface area contributed by atoms with Gasteiger partial charge in [-0.05, 0) is 12.5 Å². The molecule has 0 aliphatic carbocycles. The predicted molar refractivity (Wildman–Crippen MR) is 91.9 cm³/mol. The van der Waals surface area contributed by atoms with Crippen molar-refractivity contribution in [3.05, 3.63) is 95.1 Å². The summed E-state index contributed by atoms with van der Waals surface area (Å²) in [5.41, 5.74) is 4.35. The van der Waals surface area contributed by atoms with Crippen LogP contribution in [0.25, 0.3) is 11.1 Å². The summed E-state index contributed by atoms with van der Waals surface area (Å²) in [4.78, 5) is 24.3. The lowest BCUT2D eigenvalue weighted by Crippen LogP contribution is -2.05. The van der Waals surface area contributed by atoms with E-state index in [1.54, 1.807) is 18.2 Å². The molecule has 0 N–H and O–H groups in total. The second-order valence-electron chi connectivity index (χ2n) is 5.45. The van der Waals surface area contributed by atoms with E-state index in [-0.39, 0.29) is 5.78 Å². The Hall–Kier alpha value is -3.00. The van der Waals surface area contributed by atoms with Crippen molar-refractivity contribution in [1.29, 1.82) is 0 Å². The molecule has 0 saturated carbocycles. The van der Waals surface area contributed by atoms with Crippen LogP contribution in [-0.2, 0) is 0 Å². The van der Waals surface area contributed by atoms with Crippen LogP contribution in [0.15, 0.2) is 72.8 Å². The normalized spacial score (nSPS) is 10.3. The molecular formula is C21H16O2. The highest BCUT2D eigenvalue weighted by molar-refractivity contribution is 6.14. The quantitative estimate of drug-likeness (QED) is 0.517. The van der Waals surface area contributed by atoms with E-state index in [0.29, 0.717) is 22.3 Å². The van der Waals surface area contributed by atoms with E-state index in [1.807, 2.05) is 61.5 Å². The smallest absolute Gasteiger partial charge is 0.193 e. The van der Waals surface area contributed by atoms with E-state index in [0.717, 1.165) is 17.4 Å². The fraction of sp³-hybridized carbons (Fsp3) is 0.0476. The van der Waals surface area contributed by atoms with Crippen molar-refractivity contribution in [3.63, 3.8) is 0 Å². The monoisotopic (exact) mass is 300 g/mol. The summed E-state index contributed by atoms with van der Waals surface area (Å²) in [6.07, 6.45) is 0.800. The van der Waals surface area contributed by atoms with Crippen molar-refractivity contribution in [2.75, 3.05) is 0 Å². The minimum Gasteiger partial charge on any atom is -0.298 e. The number of carbonyl (C=O) groups excluding carboxylic acids is 2. The number of ketones is 1. The fourth-order valence-electron chi connectivity index (χ4n) is 2.65. The van der Waals surface area contributed by atoms with E-state index in [4.69, 9.17) is 0 Å². The topological polar surface area (TPSA) is 34.1 Å². The number of rotatable bonds is 4. The molecule has 0 aliphatic rings. The second-order valence-corrected chi connectivity index (χ2v) is 5.45. The zero-order valence-corrected chi connectivity index (χ0v) is 12.8. The molecule has 0 aliphatic heterocycles. The van der Waals surface area contributed by atoms with Gasteiger partial charge in [0.25, 0.3) is 0 Å². The molecule has 23 heavy (non-hydrogen) atoms. The maximum absolute atomic E-state index is 12.9. The van der Waals surface area contributed by atoms with Crippen LogP contribution in [0.4, 0.5) is 0 Å². The van der Waals surface area contributed by atoms with Gasteiger partial charge in [0, 0.05) is 22.3 Å². The Bertz CT molecular complexity index is 847. The predicted octanol–water partition coefficient (Wildman–Crippen LogP) is 4.71. The van der Waals surface area contributed by atoms with E-state index in [2.05, 4.69) is 0 Å². The molecule has 0 saturated heterocycles. The highest BCUT2D eigenvalue weighted by Crippen LogP contribution is 2.28. The average molecular weight is 300 g/mol. The van der Waals surface area contributed by atoms with Gasteiger partial charge in [0.1, 0.15) is 0 Å². The molecule has 3 aromatic carbocycles. The first-order chi connectivity index (χ1) is 11.2. The van der Waals surface area contributed by atoms with Crippen LogP contribution in [0.5, 0.6) is 0 Å². The fourth-order valence-corrected chi connectivity index (χ4v) is 2.65.